The van der Waals surface area contributed by atoms with E-state index in [1.807, 2.05) is 30.3 Å². The molecular weight excluding hydrogens is 254 g/mol. The highest BCUT2D eigenvalue weighted by Crippen LogP contribution is 2.07. The van der Waals surface area contributed by atoms with Crippen LogP contribution in [0.4, 0.5) is 5.69 Å². The molecule has 21 heavy (non-hydrogen) atoms. The first-order valence-electron chi connectivity index (χ1n) is 6.95. The molecule has 0 spiro atoms. The number of allylic oxidation sites excluding steroid dienone is 1. The van der Waals surface area contributed by atoms with Crippen molar-refractivity contribution in [1.29, 1.82) is 0 Å². The molecule has 0 fully saturated rings. The van der Waals surface area contributed by atoms with E-state index in [4.69, 9.17) is 5.73 Å². The highest BCUT2D eigenvalue weighted by molar-refractivity contribution is 5.84. The van der Waals surface area contributed by atoms with Crippen LogP contribution in [-0.2, 0) is 0 Å². The van der Waals surface area contributed by atoms with Crippen molar-refractivity contribution in [3.05, 3.63) is 82.7 Å². The maximum absolute atomic E-state index is 5.68. The van der Waals surface area contributed by atoms with E-state index in [9.17, 15) is 0 Å². The van der Waals surface area contributed by atoms with Gasteiger partial charge in [0.05, 0.1) is 0 Å². The molecule has 1 nitrogen and oxygen atoms in total. The molecule has 102 valence electrons. The van der Waals surface area contributed by atoms with E-state index in [0.29, 0.717) is 0 Å². The number of rotatable bonds is 2. The maximum atomic E-state index is 5.68. The molecule has 0 radical (unpaired) electrons. The molecule has 2 N–H and O–H groups in total. The second-order valence-corrected chi connectivity index (χ2v) is 5.05. The van der Waals surface area contributed by atoms with E-state index in [1.165, 1.54) is 16.0 Å². The van der Waals surface area contributed by atoms with Crippen molar-refractivity contribution in [3.63, 3.8) is 0 Å². The van der Waals surface area contributed by atoms with Crippen LogP contribution in [0, 0.1) is 0 Å². The van der Waals surface area contributed by atoms with Crippen LogP contribution in [0.25, 0.3) is 29.5 Å². The molecule has 0 heterocycles. The highest BCUT2D eigenvalue weighted by Gasteiger charge is 1.93. The Morgan fingerprint density at radius 2 is 1.52 bits per heavy atom. The summed E-state index contributed by atoms with van der Waals surface area (Å²) >= 11 is 0. The van der Waals surface area contributed by atoms with Crippen molar-refractivity contribution in [2.75, 3.05) is 5.73 Å². The van der Waals surface area contributed by atoms with Crippen LogP contribution in [0.15, 0.2) is 66.7 Å². The van der Waals surface area contributed by atoms with Gasteiger partial charge in [-0.3, -0.25) is 0 Å². The van der Waals surface area contributed by atoms with E-state index in [0.717, 1.165) is 16.5 Å². The fourth-order valence-corrected chi connectivity index (χ4v) is 2.40. The molecule has 1 heteroatoms. The van der Waals surface area contributed by atoms with Gasteiger partial charge < -0.3 is 5.73 Å². The minimum absolute atomic E-state index is 0.785. The van der Waals surface area contributed by atoms with Crippen LogP contribution >= 0.6 is 0 Å². The van der Waals surface area contributed by atoms with E-state index < -0.39 is 0 Å². The summed E-state index contributed by atoms with van der Waals surface area (Å²) in [6.07, 6.45) is 6.26. The lowest BCUT2D eigenvalue weighted by Gasteiger charge is -1.98. The Bertz CT molecular complexity index is 903. The summed E-state index contributed by atoms with van der Waals surface area (Å²) < 4.78 is 0. The van der Waals surface area contributed by atoms with Crippen LogP contribution in [-0.4, -0.2) is 0 Å². The smallest absolute Gasteiger partial charge is 0.0314 e. The predicted octanol–water partition coefficient (Wildman–Crippen LogP) is 3.33. The Morgan fingerprint density at radius 1 is 0.810 bits per heavy atom. The average Bonchev–Trinajstić information content (AvgIpc) is 2.52. The number of fused-ring (bicyclic) bond motifs is 1. The molecular formula is C20H17N. The number of hydrogen-bond donors (Lipinski definition) is 1. The molecule has 0 aliphatic carbocycles. The van der Waals surface area contributed by atoms with E-state index in [2.05, 4.69) is 55.1 Å². The zero-order valence-corrected chi connectivity index (χ0v) is 11.8. The molecule has 3 aromatic rings. The third-order valence-electron chi connectivity index (χ3n) is 3.55. The quantitative estimate of drug-likeness (QED) is 0.711. The van der Waals surface area contributed by atoms with Crippen molar-refractivity contribution < 1.29 is 0 Å². The number of nitrogens with two attached hydrogens (primary N) is 1. The monoisotopic (exact) mass is 271 g/mol. The molecule has 0 aliphatic heterocycles. The summed E-state index contributed by atoms with van der Waals surface area (Å²) in [5.41, 5.74) is 7.61. The van der Waals surface area contributed by atoms with Gasteiger partial charge in [-0.15, -0.1) is 0 Å². The Hall–Kier alpha value is -2.80. The Balaban J connectivity index is 2.02. The van der Waals surface area contributed by atoms with Gasteiger partial charge >= 0.3 is 0 Å². The van der Waals surface area contributed by atoms with Crippen molar-refractivity contribution in [2.24, 2.45) is 0 Å². The normalized spacial score (nSPS) is 12.3. The van der Waals surface area contributed by atoms with E-state index in [-0.39, 0.29) is 0 Å². The summed E-state index contributed by atoms with van der Waals surface area (Å²) in [5.74, 6) is 0. The van der Waals surface area contributed by atoms with Crippen LogP contribution in [0.3, 0.4) is 0 Å². The third-order valence-corrected chi connectivity index (χ3v) is 3.55. The second kappa shape index (κ2) is 5.68. The van der Waals surface area contributed by atoms with Gasteiger partial charge in [0.2, 0.25) is 0 Å². The number of anilines is 1. The lowest BCUT2D eigenvalue weighted by Crippen LogP contribution is -2.09. The molecule has 3 aromatic carbocycles. The topological polar surface area (TPSA) is 26.0 Å². The van der Waals surface area contributed by atoms with E-state index >= 15 is 0 Å². The fraction of sp³-hybridized carbons (Fsp3) is 0. The predicted molar refractivity (Wildman–Crippen MR) is 93.1 cm³/mol. The van der Waals surface area contributed by atoms with E-state index in [1.54, 1.807) is 0 Å². The lowest BCUT2D eigenvalue weighted by molar-refractivity contribution is 1.63. The number of hydrogen-bond acceptors (Lipinski definition) is 1. The molecule has 0 aliphatic rings. The fourth-order valence-electron chi connectivity index (χ4n) is 2.40. The van der Waals surface area contributed by atoms with Gasteiger partial charge in [0.15, 0.2) is 0 Å². The van der Waals surface area contributed by atoms with Gasteiger partial charge in [-0.25, -0.2) is 0 Å². The summed E-state index contributed by atoms with van der Waals surface area (Å²) in [5, 5.41) is 4.69. The van der Waals surface area contributed by atoms with Crippen LogP contribution < -0.4 is 16.2 Å². The molecule has 0 unspecified atom stereocenters. The van der Waals surface area contributed by atoms with Crippen molar-refractivity contribution in [1.82, 2.24) is 0 Å². The molecule has 0 saturated heterocycles. The van der Waals surface area contributed by atoms with Crippen LogP contribution in [0.1, 0.15) is 5.56 Å². The Labute approximate surface area is 124 Å². The van der Waals surface area contributed by atoms with Gasteiger partial charge in [-0.2, -0.15) is 0 Å². The summed E-state index contributed by atoms with van der Waals surface area (Å²) in [7, 11) is 0. The number of nitrogen functional groups attached to an aromatic ring is 1. The maximum Gasteiger partial charge on any atom is 0.0314 e. The largest absolute Gasteiger partial charge is 0.399 e. The zero-order chi connectivity index (χ0) is 14.7. The van der Waals surface area contributed by atoms with Gasteiger partial charge in [-0.05, 0) is 38.9 Å². The minimum atomic E-state index is 0.785. The van der Waals surface area contributed by atoms with Crippen molar-refractivity contribution in [3.8, 4) is 0 Å². The third kappa shape index (κ3) is 2.87. The van der Waals surface area contributed by atoms with Crippen LogP contribution in [0.2, 0.25) is 0 Å². The molecule has 0 atom stereocenters. The molecule has 0 saturated carbocycles. The molecule has 0 aromatic heterocycles. The first kappa shape index (κ1) is 13.2. The van der Waals surface area contributed by atoms with Gasteiger partial charge in [-0.1, -0.05) is 73.3 Å². The highest BCUT2D eigenvalue weighted by atomic mass is 14.5. The van der Waals surface area contributed by atoms with Gasteiger partial charge in [0, 0.05) is 5.69 Å². The average molecular weight is 271 g/mol. The molecule has 0 amide bonds. The second-order valence-electron chi connectivity index (χ2n) is 5.05. The number of benzene rings is 3. The summed E-state index contributed by atoms with van der Waals surface area (Å²) in [6, 6.07) is 20.4. The van der Waals surface area contributed by atoms with Gasteiger partial charge in [0.25, 0.3) is 0 Å². The Kier molecular flexibility index (Phi) is 3.57. The zero-order valence-electron chi connectivity index (χ0n) is 11.8. The minimum Gasteiger partial charge on any atom is -0.399 e. The SMILES string of the molecule is C=c1ccc(=CC=Cc2ccc(N)cc2)c2ccccc12. The molecule has 3 rings (SSSR count). The first-order valence-corrected chi connectivity index (χ1v) is 6.95. The van der Waals surface area contributed by atoms with Crippen molar-refractivity contribution in [2.45, 2.75) is 0 Å². The van der Waals surface area contributed by atoms with Gasteiger partial charge in [0.1, 0.15) is 0 Å². The lowest BCUT2D eigenvalue weighted by atomic mass is 10.1. The molecule has 0 bridgehead atoms. The Morgan fingerprint density at radius 3 is 2.29 bits per heavy atom. The standard InChI is InChI=1S/C20H17N/c1-15-9-12-17(20-8-3-2-7-19(15)20)6-4-5-16-10-13-18(21)14-11-16/h2-14H,1,21H2. The van der Waals surface area contributed by atoms with Crippen molar-refractivity contribution >= 4 is 35.2 Å². The first-order chi connectivity index (χ1) is 10.2. The summed E-state index contributed by atoms with van der Waals surface area (Å²) in [4.78, 5) is 0. The van der Waals surface area contributed by atoms with Crippen LogP contribution in [0.5, 0.6) is 0 Å². The summed E-state index contributed by atoms with van der Waals surface area (Å²) in [6.45, 7) is 4.08.